The summed E-state index contributed by atoms with van der Waals surface area (Å²) in [4.78, 5) is 12.9. The smallest absolute Gasteiger partial charge is 0.299 e. The molecule has 0 saturated heterocycles. The van der Waals surface area contributed by atoms with Crippen LogP contribution in [0.15, 0.2) is 36.4 Å². The van der Waals surface area contributed by atoms with Crippen LogP contribution in [0.25, 0.3) is 5.65 Å². The minimum Gasteiger partial charge on any atom is -0.339 e. The number of amides is 1. The van der Waals surface area contributed by atoms with Gasteiger partial charge in [0.15, 0.2) is 11.5 Å². The highest BCUT2D eigenvalue weighted by atomic mass is 19.3. The lowest BCUT2D eigenvalue weighted by molar-refractivity contribution is -0.116. The van der Waals surface area contributed by atoms with E-state index >= 15 is 0 Å². The molecule has 0 unspecified atom stereocenters. The number of aromatic nitrogens is 4. The molecular formula is C15H14F2N6O. The summed E-state index contributed by atoms with van der Waals surface area (Å²) in [6.45, 7) is 1.47. The highest BCUT2D eigenvalue weighted by Gasteiger charge is 2.17. The molecule has 2 aromatic heterocycles. The van der Waals surface area contributed by atoms with Crippen molar-refractivity contribution in [3.63, 3.8) is 0 Å². The first kappa shape index (κ1) is 15.8. The first-order valence-electron chi connectivity index (χ1n) is 7.07. The Bertz CT molecular complexity index is 895. The predicted octanol–water partition coefficient (Wildman–Crippen LogP) is 2.79. The molecule has 1 N–H and O–H groups in total. The van der Waals surface area contributed by atoms with Crippen molar-refractivity contribution in [2.75, 3.05) is 17.3 Å². The molecule has 0 aliphatic heterocycles. The Kier molecular flexibility index (Phi) is 4.07. The Balaban J connectivity index is 1.91. The number of nitrogens with zero attached hydrogens (tertiary/aromatic N) is 5. The molecule has 0 radical (unpaired) electrons. The van der Waals surface area contributed by atoms with Crippen LogP contribution in [0.2, 0.25) is 0 Å². The van der Waals surface area contributed by atoms with Gasteiger partial charge in [0.25, 0.3) is 6.43 Å². The second kappa shape index (κ2) is 6.19. The number of alkyl halides is 2. The molecule has 0 saturated carbocycles. The number of rotatable bonds is 4. The highest BCUT2D eigenvalue weighted by molar-refractivity contribution is 5.91. The number of benzene rings is 1. The van der Waals surface area contributed by atoms with Gasteiger partial charge in [-0.2, -0.15) is 4.52 Å². The van der Waals surface area contributed by atoms with Gasteiger partial charge in [-0.05, 0) is 30.3 Å². The fourth-order valence-corrected chi connectivity index (χ4v) is 2.13. The molecular weight excluding hydrogens is 318 g/mol. The summed E-state index contributed by atoms with van der Waals surface area (Å²) in [7, 11) is 1.66. The van der Waals surface area contributed by atoms with Gasteiger partial charge in [-0.25, -0.2) is 8.78 Å². The lowest BCUT2D eigenvalue weighted by Crippen LogP contribution is -2.22. The summed E-state index contributed by atoms with van der Waals surface area (Å²) in [5.41, 5.74) is 1.60. The number of anilines is 3. The molecule has 0 atom stereocenters. The lowest BCUT2D eigenvalue weighted by atomic mass is 10.2. The van der Waals surface area contributed by atoms with E-state index in [1.807, 2.05) is 0 Å². The summed E-state index contributed by atoms with van der Waals surface area (Å²) in [5, 5.41) is 14.2. The van der Waals surface area contributed by atoms with Crippen molar-refractivity contribution in [1.29, 1.82) is 0 Å². The molecule has 24 heavy (non-hydrogen) atoms. The van der Waals surface area contributed by atoms with Crippen LogP contribution >= 0.6 is 0 Å². The summed E-state index contributed by atoms with van der Waals surface area (Å²) in [6, 6.07) is 10.3. The van der Waals surface area contributed by atoms with Crippen LogP contribution in [-0.4, -0.2) is 32.8 Å². The molecule has 9 heteroatoms. The number of halogens is 2. The van der Waals surface area contributed by atoms with E-state index in [0.717, 1.165) is 4.52 Å². The van der Waals surface area contributed by atoms with Gasteiger partial charge in [0.1, 0.15) is 0 Å². The number of hydrogen-bond donors (Lipinski definition) is 1. The summed E-state index contributed by atoms with van der Waals surface area (Å²) in [6.07, 6.45) is -2.77. The quantitative estimate of drug-likeness (QED) is 0.795. The van der Waals surface area contributed by atoms with Crippen LogP contribution in [0.4, 0.5) is 26.0 Å². The van der Waals surface area contributed by atoms with Gasteiger partial charge in [0.05, 0.1) is 0 Å². The summed E-state index contributed by atoms with van der Waals surface area (Å²) < 4.78 is 26.8. The average Bonchev–Trinajstić information content (AvgIpc) is 2.97. The van der Waals surface area contributed by atoms with Crippen LogP contribution in [0.3, 0.4) is 0 Å². The maximum Gasteiger partial charge on any atom is 0.299 e. The topological polar surface area (TPSA) is 75.4 Å². The largest absolute Gasteiger partial charge is 0.339 e. The molecule has 1 aromatic carbocycles. The molecule has 2 heterocycles. The van der Waals surface area contributed by atoms with E-state index in [1.165, 1.54) is 11.8 Å². The minimum absolute atomic E-state index is 0.0993. The molecule has 124 valence electrons. The Morgan fingerprint density at radius 1 is 1.25 bits per heavy atom. The van der Waals surface area contributed by atoms with Gasteiger partial charge in [-0.3, -0.25) is 4.79 Å². The number of fused-ring (bicyclic) bond motifs is 1. The standard InChI is InChI=1S/C15H14F2N6O/c1-9(24)22(2)11-5-3-4-10(8-11)18-12-6-7-13-19-20-15(14(16)17)23(13)21-12/h3-8,14H,1-2H3,(H,18,21). The van der Waals surface area contributed by atoms with Crippen molar-refractivity contribution in [1.82, 2.24) is 19.8 Å². The zero-order valence-corrected chi connectivity index (χ0v) is 12.9. The number of carbonyl (C=O) groups is 1. The van der Waals surface area contributed by atoms with E-state index in [-0.39, 0.29) is 11.6 Å². The highest BCUT2D eigenvalue weighted by Crippen LogP contribution is 2.22. The fourth-order valence-electron chi connectivity index (χ4n) is 2.13. The fraction of sp³-hybridized carbons (Fsp3) is 0.200. The normalized spacial score (nSPS) is 11.0. The number of carbonyl (C=O) groups excluding carboxylic acids is 1. The number of nitrogens with one attached hydrogen (secondary N) is 1. The van der Waals surface area contributed by atoms with Crippen molar-refractivity contribution >= 4 is 28.7 Å². The summed E-state index contributed by atoms with van der Waals surface area (Å²) in [5.74, 6) is -0.261. The van der Waals surface area contributed by atoms with Gasteiger partial charge in [0, 0.05) is 25.3 Å². The van der Waals surface area contributed by atoms with E-state index in [1.54, 1.807) is 43.4 Å². The third-order valence-electron chi connectivity index (χ3n) is 3.46. The van der Waals surface area contributed by atoms with Crippen molar-refractivity contribution in [3.05, 3.63) is 42.2 Å². The van der Waals surface area contributed by atoms with E-state index in [0.29, 0.717) is 17.2 Å². The van der Waals surface area contributed by atoms with Crippen molar-refractivity contribution in [2.24, 2.45) is 0 Å². The molecule has 3 aromatic rings. The maximum absolute atomic E-state index is 12.9. The lowest BCUT2D eigenvalue weighted by Gasteiger charge is -2.16. The molecule has 0 aliphatic rings. The van der Waals surface area contributed by atoms with Gasteiger partial charge >= 0.3 is 0 Å². The first-order chi connectivity index (χ1) is 11.5. The minimum atomic E-state index is -2.77. The van der Waals surface area contributed by atoms with E-state index in [4.69, 9.17) is 0 Å². The van der Waals surface area contributed by atoms with E-state index in [9.17, 15) is 13.6 Å². The maximum atomic E-state index is 12.9. The molecule has 0 spiro atoms. The third-order valence-corrected chi connectivity index (χ3v) is 3.46. The van der Waals surface area contributed by atoms with Crippen LogP contribution in [0.1, 0.15) is 19.2 Å². The van der Waals surface area contributed by atoms with Crippen molar-refractivity contribution < 1.29 is 13.6 Å². The van der Waals surface area contributed by atoms with Gasteiger partial charge in [0.2, 0.25) is 11.7 Å². The second-order valence-corrected chi connectivity index (χ2v) is 5.10. The monoisotopic (exact) mass is 332 g/mol. The molecule has 1 amide bonds. The van der Waals surface area contributed by atoms with E-state index in [2.05, 4.69) is 20.6 Å². The third kappa shape index (κ3) is 3.00. The first-order valence-corrected chi connectivity index (χ1v) is 7.07. The van der Waals surface area contributed by atoms with Gasteiger partial charge in [-0.15, -0.1) is 15.3 Å². The van der Waals surface area contributed by atoms with Crippen molar-refractivity contribution in [3.8, 4) is 0 Å². The molecule has 0 aliphatic carbocycles. The molecule has 7 nitrogen and oxygen atoms in total. The van der Waals surface area contributed by atoms with Crippen LogP contribution < -0.4 is 10.2 Å². The van der Waals surface area contributed by atoms with Crippen LogP contribution in [-0.2, 0) is 4.79 Å². The predicted molar refractivity (Wildman–Crippen MR) is 84.5 cm³/mol. The average molecular weight is 332 g/mol. The molecule has 3 rings (SSSR count). The Hall–Kier alpha value is -3.10. The zero-order valence-electron chi connectivity index (χ0n) is 12.9. The Labute approximate surface area is 135 Å². The Morgan fingerprint density at radius 2 is 2.04 bits per heavy atom. The molecule has 0 bridgehead atoms. The van der Waals surface area contributed by atoms with E-state index < -0.39 is 12.2 Å². The zero-order chi connectivity index (χ0) is 17.3. The van der Waals surface area contributed by atoms with Crippen LogP contribution in [0, 0.1) is 0 Å². The van der Waals surface area contributed by atoms with Crippen LogP contribution in [0.5, 0.6) is 0 Å². The second-order valence-electron chi connectivity index (χ2n) is 5.10. The van der Waals surface area contributed by atoms with Gasteiger partial charge < -0.3 is 10.2 Å². The Morgan fingerprint density at radius 3 is 2.75 bits per heavy atom. The van der Waals surface area contributed by atoms with Crippen molar-refractivity contribution in [2.45, 2.75) is 13.3 Å². The molecule has 0 fully saturated rings. The summed E-state index contributed by atoms with van der Waals surface area (Å²) >= 11 is 0. The SMILES string of the molecule is CC(=O)N(C)c1cccc(Nc2ccc3nnc(C(F)F)n3n2)c1. The number of hydrogen-bond acceptors (Lipinski definition) is 5. The van der Waals surface area contributed by atoms with Gasteiger partial charge in [-0.1, -0.05) is 6.07 Å².